The van der Waals surface area contributed by atoms with E-state index in [1.165, 1.54) is 41.5 Å². The van der Waals surface area contributed by atoms with Crippen molar-refractivity contribution in [2.45, 2.75) is 15.0 Å². The van der Waals surface area contributed by atoms with Gasteiger partial charge in [0.1, 0.15) is 0 Å². The minimum Gasteiger partial charge on any atom is -0.363 e. The molecule has 114 valence electrons. The molecule has 21 heavy (non-hydrogen) atoms. The Morgan fingerprint density at radius 2 is 2.10 bits per heavy atom. The van der Waals surface area contributed by atoms with Crippen LogP contribution in [-0.4, -0.2) is 44.1 Å². The highest BCUT2D eigenvalue weighted by Crippen LogP contribution is 2.28. The van der Waals surface area contributed by atoms with Gasteiger partial charge in [0.2, 0.25) is 15.2 Å². The van der Waals surface area contributed by atoms with E-state index in [0.29, 0.717) is 10.6 Å². The van der Waals surface area contributed by atoms with Crippen molar-refractivity contribution in [2.75, 3.05) is 26.5 Å². The second kappa shape index (κ2) is 6.73. The molecule has 0 bridgehead atoms. The van der Waals surface area contributed by atoms with E-state index in [9.17, 15) is 8.42 Å². The molecule has 0 fully saturated rings. The van der Waals surface area contributed by atoms with Gasteiger partial charge in [-0.3, -0.25) is 0 Å². The summed E-state index contributed by atoms with van der Waals surface area (Å²) in [5.74, 6) is 0.648. The van der Waals surface area contributed by atoms with Gasteiger partial charge in [0.15, 0.2) is 4.34 Å². The third-order valence-electron chi connectivity index (χ3n) is 2.66. The average Bonchev–Trinajstić information content (AvgIpc) is 2.93. The van der Waals surface area contributed by atoms with Crippen LogP contribution in [0.4, 0.5) is 5.13 Å². The van der Waals surface area contributed by atoms with Crippen LogP contribution < -0.4 is 5.32 Å². The van der Waals surface area contributed by atoms with Gasteiger partial charge in [-0.05, 0) is 17.7 Å². The van der Waals surface area contributed by atoms with Crippen LogP contribution in [0.3, 0.4) is 0 Å². The molecule has 1 aromatic carbocycles. The molecule has 1 aromatic heterocycles. The molecule has 9 heteroatoms. The number of hydrogen-bond acceptors (Lipinski definition) is 7. The molecule has 1 heterocycles. The fourth-order valence-corrected chi connectivity index (χ4v) is 4.14. The molecular formula is C12H16N4O2S3. The third-order valence-corrected chi connectivity index (χ3v) is 6.62. The largest absolute Gasteiger partial charge is 0.363 e. The van der Waals surface area contributed by atoms with Gasteiger partial charge in [0, 0.05) is 26.9 Å². The summed E-state index contributed by atoms with van der Waals surface area (Å²) in [5, 5.41) is 11.7. The Balaban J connectivity index is 2.11. The maximum Gasteiger partial charge on any atom is 0.242 e. The lowest BCUT2D eigenvalue weighted by Crippen LogP contribution is -2.22. The van der Waals surface area contributed by atoms with Crippen molar-refractivity contribution in [3.05, 3.63) is 29.8 Å². The van der Waals surface area contributed by atoms with Crippen molar-refractivity contribution in [2.24, 2.45) is 0 Å². The minimum absolute atomic E-state index is 0.304. The first-order valence-corrected chi connectivity index (χ1v) is 9.33. The maximum atomic E-state index is 12.1. The van der Waals surface area contributed by atoms with Gasteiger partial charge in [-0.1, -0.05) is 35.2 Å². The van der Waals surface area contributed by atoms with Gasteiger partial charge < -0.3 is 5.32 Å². The minimum atomic E-state index is -3.39. The standard InChI is InChI=1S/C12H16N4O2S3/c1-13-11-14-15-12(20-11)19-8-9-5-4-6-10(7-9)21(17,18)16(2)3/h4-7H,8H2,1-3H3,(H,13,14). The lowest BCUT2D eigenvalue weighted by Gasteiger charge is -2.12. The highest BCUT2D eigenvalue weighted by molar-refractivity contribution is 8.00. The summed E-state index contributed by atoms with van der Waals surface area (Å²) in [4.78, 5) is 0.304. The molecule has 0 unspecified atom stereocenters. The van der Waals surface area contributed by atoms with E-state index in [2.05, 4.69) is 15.5 Å². The monoisotopic (exact) mass is 344 g/mol. The molecular weight excluding hydrogens is 328 g/mol. The van der Waals surface area contributed by atoms with E-state index in [1.54, 1.807) is 25.2 Å². The van der Waals surface area contributed by atoms with Gasteiger partial charge in [-0.15, -0.1) is 10.2 Å². The van der Waals surface area contributed by atoms with E-state index in [0.717, 1.165) is 15.0 Å². The first-order valence-electron chi connectivity index (χ1n) is 6.09. The van der Waals surface area contributed by atoms with Gasteiger partial charge in [0.25, 0.3) is 0 Å². The summed E-state index contributed by atoms with van der Waals surface area (Å²) < 4.78 is 26.2. The number of nitrogens with one attached hydrogen (secondary N) is 1. The van der Waals surface area contributed by atoms with Gasteiger partial charge in [0.05, 0.1) is 4.90 Å². The van der Waals surface area contributed by atoms with Crippen LogP contribution >= 0.6 is 23.1 Å². The molecule has 0 atom stereocenters. The van der Waals surface area contributed by atoms with Crippen LogP contribution in [0, 0.1) is 0 Å². The summed E-state index contributed by atoms with van der Waals surface area (Å²) in [6.07, 6.45) is 0. The summed E-state index contributed by atoms with van der Waals surface area (Å²) in [6.45, 7) is 0. The number of benzene rings is 1. The summed E-state index contributed by atoms with van der Waals surface area (Å²) in [7, 11) is 1.45. The molecule has 0 aliphatic carbocycles. The predicted molar refractivity (Wildman–Crippen MR) is 86.3 cm³/mol. The lowest BCUT2D eigenvalue weighted by molar-refractivity contribution is 0.520. The normalized spacial score (nSPS) is 11.8. The van der Waals surface area contributed by atoms with Crippen molar-refractivity contribution in [3.8, 4) is 0 Å². The molecule has 6 nitrogen and oxygen atoms in total. The van der Waals surface area contributed by atoms with Crippen LogP contribution in [0.2, 0.25) is 0 Å². The molecule has 2 rings (SSSR count). The topological polar surface area (TPSA) is 75.2 Å². The van der Waals surface area contributed by atoms with E-state index in [-0.39, 0.29) is 0 Å². The van der Waals surface area contributed by atoms with Crippen LogP contribution in [0.15, 0.2) is 33.5 Å². The molecule has 0 spiro atoms. The zero-order chi connectivity index (χ0) is 15.5. The molecule has 0 amide bonds. The van der Waals surface area contributed by atoms with Gasteiger partial charge in [-0.25, -0.2) is 12.7 Å². The average molecular weight is 344 g/mol. The van der Waals surface area contributed by atoms with E-state index in [1.807, 2.05) is 6.07 Å². The Hall–Kier alpha value is -1.16. The quantitative estimate of drug-likeness (QED) is 0.809. The zero-order valence-electron chi connectivity index (χ0n) is 11.9. The molecule has 1 N–H and O–H groups in total. The number of rotatable bonds is 6. The number of sulfonamides is 1. The highest BCUT2D eigenvalue weighted by atomic mass is 32.2. The van der Waals surface area contributed by atoms with Gasteiger partial charge >= 0.3 is 0 Å². The number of aromatic nitrogens is 2. The van der Waals surface area contributed by atoms with Crippen LogP contribution in [0.25, 0.3) is 0 Å². The summed E-state index contributed by atoms with van der Waals surface area (Å²) >= 11 is 3.00. The Labute approximate surface area is 132 Å². The maximum absolute atomic E-state index is 12.1. The summed E-state index contributed by atoms with van der Waals surface area (Å²) in [6, 6.07) is 6.96. The number of thioether (sulfide) groups is 1. The number of nitrogens with zero attached hydrogens (tertiary/aromatic N) is 3. The van der Waals surface area contributed by atoms with E-state index < -0.39 is 10.0 Å². The Bertz CT molecular complexity index is 713. The fourth-order valence-electron chi connectivity index (χ4n) is 1.52. The van der Waals surface area contributed by atoms with E-state index >= 15 is 0 Å². The van der Waals surface area contributed by atoms with Crippen LogP contribution in [0.1, 0.15) is 5.56 Å². The molecule has 0 aliphatic heterocycles. The van der Waals surface area contributed by atoms with Crippen molar-refractivity contribution >= 4 is 38.3 Å². The van der Waals surface area contributed by atoms with Crippen LogP contribution in [0.5, 0.6) is 0 Å². The van der Waals surface area contributed by atoms with Crippen molar-refractivity contribution in [1.29, 1.82) is 0 Å². The second-order valence-corrected chi connectivity index (χ2v) is 8.70. The zero-order valence-corrected chi connectivity index (χ0v) is 14.3. The number of hydrogen-bond donors (Lipinski definition) is 1. The predicted octanol–water partition coefficient (Wildman–Crippen LogP) is 2.12. The van der Waals surface area contributed by atoms with Crippen molar-refractivity contribution in [3.63, 3.8) is 0 Å². The smallest absolute Gasteiger partial charge is 0.242 e. The first kappa shape index (κ1) is 16.2. The Morgan fingerprint density at radius 3 is 2.71 bits per heavy atom. The number of anilines is 1. The molecule has 0 saturated heterocycles. The van der Waals surface area contributed by atoms with E-state index in [4.69, 9.17) is 0 Å². The Morgan fingerprint density at radius 1 is 1.33 bits per heavy atom. The van der Waals surface area contributed by atoms with Crippen molar-refractivity contribution in [1.82, 2.24) is 14.5 Å². The van der Waals surface area contributed by atoms with Crippen molar-refractivity contribution < 1.29 is 8.42 Å². The summed E-state index contributed by atoms with van der Waals surface area (Å²) in [5.41, 5.74) is 0.934. The molecule has 0 radical (unpaired) electrons. The second-order valence-electron chi connectivity index (χ2n) is 4.35. The first-order chi connectivity index (χ1) is 9.93. The third kappa shape index (κ3) is 3.94. The SMILES string of the molecule is CNc1nnc(SCc2cccc(S(=O)(=O)N(C)C)c2)s1. The molecule has 0 aliphatic rings. The molecule has 2 aromatic rings. The fraction of sp³-hybridized carbons (Fsp3) is 0.333. The Kier molecular flexibility index (Phi) is 5.20. The van der Waals surface area contributed by atoms with Gasteiger partial charge in [-0.2, -0.15) is 0 Å². The lowest BCUT2D eigenvalue weighted by atomic mass is 10.2. The molecule has 0 saturated carbocycles. The highest BCUT2D eigenvalue weighted by Gasteiger charge is 2.17. The van der Waals surface area contributed by atoms with Crippen LogP contribution in [-0.2, 0) is 15.8 Å².